The Hall–Kier alpha value is -1.46. The van der Waals surface area contributed by atoms with Gasteiger partial charge in [0.1, 0.15) is 5.01 Å². The van der Waals surface area contributed by atoms with Crippen molar-refractivity contribution < 1.29 is 9.90 Å². The van der Waals surface area contributed by atoms with Crippen LogP contribution >= 0.6 is 22.7 Å². The molecule has 0 radical (unpaired) electrons. The molecular formula is C11H9NO2S2. The van der Waals surface area contributed by atoms with Gasteiger partial charge in [0.2, 0.25) is 0 Å². The third-order valence-corrected chi connectivity index (χ3v) is 3.73. The fourth-order valence-electron chi connectivity index (χ4n) is 1.23. The molecule has 0 bridgehead atoms. The Kier molecular flexibility index (Phi) is 3.17. The number of hydrogen-bond acceptors (Lipinski definition) is 4. The first-order valence-electron chi connectivity index (χ1n) is 4.58. The third kappa shape index (κ3) is 2.37. The van der Waals surface area contributed by atoms with E-state index in [1.54, 1.807) is 12.1 Å². The summed E-state index contributed by atoms with van der Waals surface area (Å²) in [5, 5.41) is 13.6. The van der Waals surface area contributed by atoms with Crippen LogP contribution in [0.15, 0.2) is 22.9 Å². The Labute approximate surface area is 101 Å². The van der Waals surface area contributed by atoms with Crippen LogP contribution in [-0.4, -0.2) is 16.1 Å². The Bertz CT molecular complexity index is 526. The zero-order valence-electron chi connectivity index (χ0n) is 8.51. The number of aromatic nitrogens is 1. The summed E-state index contributed by atoms with van der Waals surface area (Å²) < 4.78 is 0. The van der Waals surface area contributed by atoms with Crippen LogP contribution in [0.25, 0.3) is 11.6 Å². The molecule has 0 aromatic carbocycles. The minimum absolute atomic E-state index is 0.296. The monoisotopic (exact) mass is 251 g/mol. The van der Waals surface area contributed by atoms with E-state index in [1.165, 1.54) is 22.7 Å². The second-order valence-electron chi connectivity index (χ2n) is 3.17. The molecule has 0 aliphatic heterocycles. The van der Waals surface area contributed by atoms with Crippen LogP contribution in [0, 0.1) is 6.92 Å². The van der Waals surface area contributed by atoms with E-state index >= 15 is 0 Å². The van der Waals surface area contributed by atoms with Crippen LogP contribution in [0.1, 0.15) is 15.6 Å². The van der Waals surface area contributed by atoms with E-state index in [1.807, 2.05) is 23.8 Å². The number of carboxylic acids is 1. The summed E-state index contributed by atoms with van der Waals surface area (Å²) in [6, 6.07) is 3.63. The van der Waals surface area contributed by atoms with Gasteiger partial charge in [-0.1, -0.05) is 6.07 Å². The maximum absolute atomic E-state index is 11.1. The van der Waals surface area contributed by atoms with Crippen molar-refractivity contribution in [3.05, 3.63) is 38.5 Å². The highest BCUT2D eigenvalue weighted by atomic mass is 32.1. The third-order valence-electron chi connectivity index (χ3n) is 1.92. The van der Waals surface area contributed by atoms with E-state index < -0.39 is 5.97 Å². The predicted octanol–water partition coefficient (Wildman–Crippen LogP) is 3.14. The highest BCUT2D eigenvalue weighted by Gasteiger charge is 2.12. The van der Waals surface area contributed by atoms with Crippen molar-refractivity contribution in [2.45, 2.75) is 6.92 Å². The second-order valence-corrected chi connectivity index (χ2v) is 5.00. The molecule has 0 saturated heterocycles. The van der Waals surface area contributed by atoms with Crippen molar-refractivity contribution in [1.82, 2.24) is 4.98 Å². The molecular weight excluding hydrogens is 242 g/mol. The van der Waals surface area contributed by atoms with Gasteiger partial charge < -0.3 is 5.11 Å². The van der Waals surface area contributed by atoms with Gasteiger partial charge in [0.05, 0.1) is 5.57 Å². The smallest absolute Gasteiger partial charge is 0.337 e. The predicted molar refractivity (Wildman–Crippen MR) is 66.7 cm³/mol. The number of nitrogens with zero attached hydrogens (tertiary/aromatic N) is 1. The van der Waals surface area contributed by atoms with E-state index in [9.17, 15) is 4.79 Å². The van der Waals surface area contributed by atoms with Gasteiger partial charge in [-0.2, -0.15) is 0 Å². The molecule has 16 heavy (non-hydrogen) atoms. The lowest BCUT2D eigenvalue weighted by molar-refractivity contribution is -0.130. The minimum atomic E-state index is -0.921. The lowest BCUT2D eigenvalue weighted by Crippen LogP contribution is -1.97. The average molecular weight is 251 g/mol. The van der Waals surface area contributed by atoms with E-state index in [-0.39, 0.29) is 0 Å². The van der Waals surface area contributed by atoms with Crippen LogP contribution in [0.4, 0.5) is 0 Å². The van der Waals surface area contributed by atoms with Crippen molar-refractivity contribution in [3.63, 3.8) is 0 Å². The maximum Gasteiger partial charge on any atom is 0.337 e. The molecule has 0 fully saturated rings. The van der Waals surface area contributed by atoms with Crippen LogP contribution in [0.3, 0.4) is 0 Å². The fraction of sp³-hybridized carbons (Fsp3) is 0.0909. The molecule has 2 aromatic rings. The molecule has 2 rings (SSSR count). The zero-order valence-corrected chi connectivity index (χ0v) is 10.1. The number of aryl methyl sites for hydroxylation is 1. The lowest BCUT2D eigenvalue weighted by atomic mass is 10.2. The van der Waals surface area contributed by atoms with Crippen LogP contribution in [-0.2, 0) is 4.79 Å². The summed E-state index contributed by atoms with van der Waals surface area (Å²) in [6.45, 7) is 1.89. The van der Waals surface area contributed by atoms with E-state index in [4.69, 9.17) is 5.11 Å². The molecule has 0 spiro atoms. The average Bonchev–Trinajstić information content (AvgIpc) is 2.84. The van der Waals surface area contributed by atoms with Crippen molar-refractivity contribution in [2.75, 3.05) is 0 Å². The molecule has 0 amide bonds. The standard InChI is InChI=1S/C11H9NO2S2/c1-7-6-16-10(12-7)5-8(11(13)14)9-3-2-4-15-9/h2-6H,1H3,(H,13,14)/b8-5+. The Balaban J connectivity index is 2.41. The maximum atomic E-state index is 11.1. The summed E-state index contributed by atoms with van der Waals surface area (Å²) in [5.41, 5.74) is 1.21. The van der Waals surface area contributed by atoms with Crippen molar-refractivity contribution in [3.8, 4) is 0 Å². The summed E-state index contributed by atoms with van der Waals surface area (Å²) in [5.74, 6) is -0.921. The van der Waals surface area contributed by atoms with Crippen molar-refractivity contribution in [2.24, 2.45) is 0 Å². The summed E-state index contributed by atoms with van der Waals surface area (Å²) in [6.07, 6.45) is 1.62. The molecule has 2 aromatic heterocycles. The molecule has 5 heteroatoms. The first-order valence-corrected chi connectivity index (χ1v) is 6.34. The summed E-state index contributed by atoms with van der Waals surface area (Å²) in [4.78, 5) is 16.1. The quantitative estimate of drug-likeness (QED) is 0.853. The van der Waals surface area contributed by atoms with Crippen LogP contribution in [0.2, 0.25) is 0 Å². The number of hydrogen-bond donors (Lipinski definition) is 1. The van der Waals surface area contributed by atoms with Gasteiger partial charge >= 0.3 is 5.97 Å². The number of aliphatic carboxylic acids is 1. The largest absolute Gasteiger partial charge is 0.478 e. The van der Waals surface area contributed by atoms with Crippen molar-refractivity contribution >= 4 is 40.3 Å². The summed E-state index contributed by atoms with van der Waals surface area (Å²) >= 11 is 2.86. The van der Waals surface area contributed by atoms with E-state index in [2.05, 4.69) is 4.98 Å². The Morgan fingerprint density at radius 2 is 2.31 bits per heavy atom. The molecule has 1 N–H and O–H groups in total. The molecule has 0 aliphatic rings. The van der Waals surface area contributed by atoms with Gasteiger partial charge in [-0.05, 0) is 24.4 Å². The number of carboxylic acid groups (broad SMARTS) is 1. The minimum Gasteiger partial charge on any atom is -0.478 e. The first-order chi connectivity index (χ1) is 7.66. The van der Waals surface area contributed by atoms with Crippen molar-refractivity contribution in [1.29, 1.82) is 0 Å². The van der Waals surface area contributed by atoms with Gasteiger partial charge in [0, 0.05) is 16.0 Å². The number of rotatable bonds is 3. The normalized spacial score (nSPS) is 11.7. The fourth-order valence-corrected chi connectivity index (χ4v) is 2.69. The highest BCUT2D eigenvalue weighted by Crippen LogP contribution is 2.24. The van der Waals surface area contributed by atoms with Gasteiger partial charge in [-0.15, -0.1) is 22.7 Å². The van der Waals surface area contributed by atoms with E-state index in [0.717, 1.165) is 15.6 Å². The van der Waals surface area contributed by atoms with Gasteiger partial charge in [0.15, 0.2) is 0 Å². The van der Waals surface area contributed by atoms with E-state index in [0.29, 0.717) is 5.57 Å². The molecule has 0 atom stereocenters. The molecule has 0 saturated carbocycles. The van der Waals surface area contributed by atoms with Crippen LogP contribution < -0.4 is 0 Å². The molecule has 0 unspecified atom stereocenters. The van der Waals surface area contributed by atoms with Crippen LogP contribution in [0.5, 0.6) is 0 Å². The van der Waals surface area contributed by atoms with Gasteiger partial charge in [-0.25, -0.2) is 9.78 Å². The topological polar surface area (TPSA) is 50.2 Å². The lowest BCUT2D eigenvalue weighted by Gasteiger charge is -1.96. The SMILES string of the molecule is Cc1csc(/C=C(/C(=O)O)c2cccs2)n1. The zero-order chi connectivity index (χ0) is 11.5. The molecule has 0 aliphatic carbocycles. The Morgan fingerprint density at radius 1 is 1.50 bits per heavy atom. The second kappa shape index (κ2) is 4.59. The van der Waals surface area contributed by atoms with Gasteiger partial charge in [0.25, 0.3) is 0 Å². The van der Waals surface area contributed by atoms with Gasteiger partial charge in [-0.3, -0.25) is 0 Å². The molecule has 82 valence electrons. The molecule has 3 nitrogen and oxygen atoms in total. The number of thiophene rings is 1. The molecule has 2 heterocycles. The summed E-state index contributed by atoms with van der Waals surface area (Å²) in [7, 11) is 0. The number of thiazole rings is 1. The number of carbonyl (C=O) groups is 1. The Morgan fingerprint density at radius 3 is 2.81 bits per heavy atom. The first kappa shape index (κ1) is 11.0. The highest BCUT2D eigenvalue weighted by molar-refractivity contribution is 7.12.